The van der Waals surface area contributed by atoms with Gasteiger partial charge in [-0.2, -0.15) is 5.10 Å². The quantitative estimate of drug-likeness (QED) is 0.281. The van der Waals surface area contributed by atoms with Crippen LogP contribution in [0.2, 0.25) is 0 Å². The van der Waals surface area contributed by atoms with Crippen LogP contribution in [0.25, 0.3) is 0 Å². The lowest BCUT2D eigenvalue weighted by atomic mass is 10.1. The Morgan fingerprint density at radius 3 is 2.67 bits per heavy atom. The summed E-state index contributed by atoms with van der Waals surface area (Å²) in [5.74, 6) is -1.55. The highest BCUT2D eigenvalue weighted by atomic mass is 16.6. The number of aromatic nitrogens is 1. The number of esters is 1. The second-order valence-corrected chi connectivity index (χ2v) is 4.28. The maximum Gasteiger partial charge on any atom is 0.338 e. The minimum Gasteiger partial charge on any atom is -0.454 e. The molecule has 9 nitrogen and oxygen atoms in total. The van der Waals surface area contributed by atoms with Gasteiger partial charge in [0.2, 0.25) is 0 Å². The van der Waals surface area contributed by atoms with Crippen molar-refractivity contribution in [1.82, 2.24) is 10.4 Å². The number of ether oxygens (including phenoxy) is 1. The average Bonchev–Trinajstić information content (AvgIpc) is 2.75. The van der Waals surface area contributed by atoms with Crippen LogP contribution in [-0.2, 0) is 9.53 Å². The minimum absolute atomic E-state index is 0.319. The number of cyclic esters (lactones) is 1. The molecule has 0 spiro atoms. The van der Waals surface area contributed by atoms with Crippen molar-refractivity contribution in [3.8, 4) is 0 Å². The molecule has 1 saturated heterocycles. The predicted octanol–water partition coefficient (Wildman–Crippen LogP) is -2.19. The summed E-state index contributed by atoms with van der Waals surface area (Å²) >= 11 is 0. The molecule has 2 rings (SSSR count). The third kappa shape index (κ3) is 3.40. The maximum atomic E-state index is 11.6. The Bertz CT molecular complexity index is 549. The lowest BCUT2D eigenvalue weighted by Gasteiger charge is -2.16. The number of amides is 1. The molecule has 0 unspecified atom stereocenters. The third-order valence-corrected chi connectivity index (χ3v) is 2.83. The second kappa shape index (κ2) is 6.39. The Kier molecular flexibility index (Phi) is 4.58. The molecule has 9 heteroatoms. The van der Waals surface area contributed by atoms with Crippen LogP contribution in [0.3, 0.4) is 0 Å². The van der Waals surface area contributed by atoms with E-state index in [-0.39, 0.29) is 0 Å². The zero-order valence-corrected chi connectivity index (χ0v) is 10.7. The number of aliphatic hydroxyl groups excluding tert-OH is 3. The molecule has 1 fully saturated rings. The topological polar surface area (TPSA) is 141 Å². The lowest BCUT2D eigenvalue weighted by Crippen LogP contribution is -2.39. The van der Waals surface area contributed by atoms with Crippen molar-refractivity contribution in [1.29, 1.82) is 0 Å². The Morgan fingerprint density at radius 1 is 1.43 bits per heavy atom. The van der Waals surface area contributed by atoms with Crippen LogP contribution in [0.4, 0.5) is 0 Å². The molecule has 1 aliphatic rings. The fourth-order valence-electron chi connectivity index (χ4n) is 1.69. The normalized spacial score (nSPS) is 26.6. The fourth-order valence-corrected chi connectivity index (χ4v) is 1.69. The van der Waals surface area contributed by atoms with Gasteiger partial charge in [-0.15, -0.1) is 0 Å². The van der Waals surface area contributed by atoms with Crippen LogP contribution >= 0.6 is 0 Å². The van der Waals surface area contributed by atoms with E-state index in [1.54, 1.807) is 0 Å². The molecule has 21 heavy (non-hydrogen) atoms. The summed E-state index contributed by atoms with van der Waals surface area (Å²) in [4.78, 5) is 26.4. The van der Waals surface area contributed by atoms with Gasteiger partial charge in [-0.3, -0.25) is 9.78 Å². The minimum atomic E-state index is -1.70. The van der Waals surface area contributed by atoms with Crippen LogP contribution in [0.1, 0.15) is 10.4 Å². The second-order valence-electron chi connectivity index (χ2n) is 4.28. The molecule has 1 amide bonds. The fraction of sp³-hybridized carbons (Fsp3) is 0.333. The van der Waals surface area contributed by atoms with Crippen LogP contribution in [0.15, 0.2) is 29.6 Å². The highest BCUT2D eigenvalue weighted by Crippen LogP contribution is 2.18. The van der Waals surface area contributed by atoms with Crippen LogP contribution < -0.4 is 5.43 Å². The van der Waals surface area contributed by atoms with Gasteiger partial charge in [-0.25, -0.2) is 10.2 Å². The van der Waals surface area contributed by atoms with Gasteiger partial charge in [0, 0.05) is 18.0 Å². The molecular weight excluding hydrogens is 282 g/mol. The number of carbonyl (C=O) groups is 2. The standard InChI is InChI=1S/C12H13N3O6/c16-7(10-8(17)9(18)12(20)21-10)5-14-15-11(19)6-1-3-13-4-2-6/h1-5,7-10,16-18H,(H,15,19)/t7-,8+,9-,10+/m0/s1. The van der Waals surface area contributed by atoms with Crippen molar-refractivity contribution in [2.75, 3.05) is 0 Å². The predicted molar refractivity (Wildman–Crippen MR) is 68.1 cm³/mol. The average molecular weight is 295 g/mol. The van der Waals surface area contributed by atoms with Crippen molar-refractivity contribution >= 4 is 18.1 Å². The molecule has 0 aliphatic carbocycles. The highest BCUT2D eigenvalue weighted by Gasteiger charge is 2.45. The smallest absolute Gasteiger partial charge is 0.338 e. The van der Waals surface area contributed by atoms with E-state index in [2.05, 4.69) is 20.2 Å². The van der Waals surface area contributed by atoms with Crippen molar-refractivity contribution < 1.29 is 29.6 Å². The van der Waals surface area contributed by atoms with Gasteiger partial charge in [0.25, 0.3) is 5.91 Å². The molecule has 0 radical (unpaired) electrons. The Hall–Kier alpha value is -2.36. The number of hydrazone groups is 1. The van der Waals surface area contributed by atoms with Crippen LogP contribution in [0, 0.1) is 0 Å². The summed E-state index contributed by atoms with van der Waals surface area (Å²) in [5, 5.41) is 31.8. The summed E-state index contributed by atoms with van der Waals surface area (Å²) < 4.78 is 4.59. The number of hydrogen-bond acceptors (Lipinski definition) is 8. The first-order valence-electron chi connectivity index (χ1n) is 5.99. The van der Waals surface area contributed by atoms with E-state index >= 15 is 0 Å². The Morgan fingerprint density at radius 2 is 2.10 bits per heavy atom. The molecule has 112 valence electrons. The molecule has 0 aromatic carbocycles. The van der Waals surface area contributed by atoms with Gasteiger partial charge in [0.1, 0.15) is 12.2 Å². The van der Waals surface area contributed by atoms with Gasteiger partial charge in [-0.05, 0) is 12.1 Å². The van der Waals surface area contributed by atoms with Crippen molar-refractivity contribution in [3.63, 3.8) is 0 Å². The third-order valence-electron chi connectivity index (χ3n) is 2.83. The molecule has 0 saturated carbocycles. The van der Waals surface area contributed by atoms with Crippen LogP contribution in [-0.4, -0.2) is 62.8 Å². The van der Waals surface area contributed by atoms with Gasteiger partial charge in [0.15, 0.2) is 12.2 Å². The largest absolute Gasteiger partial charge is 0.454 e. The molecule has 1 aliphatic heterocycles. The number of pyridine rings is 1. The molecule has 0 bridgehead atoms. The molecule has 2 heterocycles. The number of nitrogens with one attached hydrogen (secondary N) is 1. The number of nitrogens with zero attached hydrogens (tertiary/aromatic N) is 2. The van der Waals surface area contributed by atoms with E-state index in [9.17, 15) is 24.9 Å². The molecular formula is C12H13N3O6. The van der Waals surface area contributed by atoms with Crippen molar-refractivity contribution in [2.45, 2.75) is 24.4 Å². The number of aliphatic hydroxyl groups is 3. The first kappa shape index (κ1) is 15.0. The van der Waals surface area contributed by atoms with Gasteiger partial charge in [0.05, 0.1) is 6.21 Å². The number of carbonyl (C=O) groups excluding carboxylic acids is 2. The van der Waals surface area contributed by atoms with E-state index in [0.717, 1.165) is 6.21 Å². The van der Waals surface area contributed by atoms with Gasteiger partial charge < -0.3 is 20.1 Å². The van der Waals surface area contributed by atoms with E-state index in [4.69, 9.17) is 0 Å². The monoisotopic (exact) mass is 295 g/mol. The Labute approximate surface area is 118 Å². The summed E-state index contributed by atoms with van der Waals surface area (Å²) in [6.07, 6.45) is -2.32. The summed E-state index contributed by atoms with van der Waals surface area (Å²) in [6.45, 7) is 0. The van der Waals surface area contributed by atoms with Crippen molar-refractivity contribution in [3.05, 3.63) is 30.1 Å². The van der Waals surface area contributed by atoms with E-state index in [1.807, 2.05) is 0 Å². The zero-order chi connectivity index (χ0) is 15.4. The highest BCUT2D eigenvalue weighted by molar-refractivity contribution is 5.94. The maximum absolute atomic E-state index is 11.6. The number of rotatable bonds is 4. The zero-order valence-electron chi connectivity index (χ0n) is 10.7. The Balaban J connectivity index is 1.90. The molecule has 4 atom stereocenters. The SMILES string of the molecule is O=C(NN=C[C@H](O)[C@H]1OC(=O)[C@@H](O)[C@H]1O)c1ccncc1. The molecule has 1 aromatic rings. The first-order chi connectivity index (χ1) is 10.0. The van der Waals surface area contributed by atoms with E-state index in [1.165, 1.54) is 24.5 Å². The summed E-state index contributed by atoms with van der Waals surface area (Å²) in [7, 11) is 0. The van der Waals surface area contributed by atoms with Crippen LogP contribution in [0.5, 0.6) is 0 Å². The van der Waals surface area contributed by atoms with E-state index < -0.39 is 36.3 Å². The first-order valence-corrected chi connectivity index (χ1v) is 5.99. The number of hydrogen-bond donors (Lipinski definition) is 4. The van der Waals surface area contributed by atoms with Gasteiger partial charge in [-0.1, -0.05) is 0 Å². The summed E-state index contributed by atoms with van der Waals surface area (Å²) in [5.41, 5.74) is 2.47. The summed E-state index contributed by atoms with van der Waals surface area (Å²) in [6, 6.07) is 2.94. The molecule has 1 aromatic heterocycles. The van der Waals surface area contributed by atoms with Gasteiger partial charge >= 0.3 is 5.97 Å². The van der Waals surface area contributed by atoms with E-state index in [0.29, 0.717) is 5.56 Å². The lowest BCUT2D eigenvalue weighted by molar-refractivity contribution is -0.149. The van der Waals surface area contributed by atoms with Crippen molar-refractivity contribution in [2.24, 2.45) is 5.10 Å². The molecule has 4 N–H and O–H groups in total.